The Morgan fingerprint density at radius 1 is 1.29 bits per heavy atom. The summed E-state index contributed by atoms with van der Waals surface area (Å²) in [5.41, 5.74) is 0. The number of amides is 2. The minimum absolute atomic E-state index is 0.0535. The third-order valence-electron chi connectivity index (χ3n) is 3.61. The van der Waals surface area contributed by atoms with E-state index >= 15 is 0 Å². The fourth-order valence-electron chi connectivity index (χ4n) is 2.16. The van der Waals surface area contributed by atoms with Crippen LogP contribution in [0, 0.1) is 5.92 Å². The zero-order valence-electron chi connectivity index (χ0n) is 13.6. The van der Waals surface area contributed by atoms with Crippen molar-refractivity contribution in [3.8, 4) is 0 Å². The Labute approximate surface area is 127 Å². The van der Waals surface area contributed by atoms with Gasteiger partial charge in [0.1, 0.15) is 0 Å². The predicted octanol–water partition coefficient (Wildman–Crippen LogP) is 0.329. The molecule has 0 aromatic rings. The van der Waals surface area contributed by atoms with E-state index in [9.17, 15) is 9.59 Å². The minimum Gasteiger partial charge on any atom is -0.379 e. The molecule has 1 aliphatic heterocycles. The van der Waals surface area contributed by atoms with Gasteiger partial charge in [0.05, 0.1) is 19.8 Å². The van der Waals surface area contributed by atoms with E-state index in [1.165, 1.54) is 6.92 Å². The van der Waals surface area contributed by atoms with Crippen molar-refractivity contribution in [1.29, 1.82) is 0 Å². The van der Waals surface area contributed by atoms with Gasteiger partial charge in [-0.25, -0.2) is 0 Å². The average molecular weight is 299 g/mol. The Bertz CT molecular complexity index is 328. The van der Waals surface area contributed by atoms with Gasteiger partial charge < -0.3 is 15.0 Å². The van der Waals surface area contributed by atoms with Crippen LogP contribution < -0.4 is 5.32 Å². The van der Waals surface area contributed by atoms with Crippen LogP contribution in [0.25, 0.3) is 0 Å². The highest BCUT2D eigenvalue weighted by Gasteiger charge is 2.16. The smallest absolute Gasteiger partial charge is 0.239 e. The van der Waals surface area contributed by atoms with Crippen molar-refractivity contribution in [3.63, 3.8) is 0 Å². The number of carbonyl (C=O) groups excluding carboxylic acids is 2. The van der Waals surface area contributed by atoms with Gasteiger partial charge in [-0.05, 0) is 12.3 Å². The van der Waals surface area contributed by atoms with Crippen molar-refractivity contribution in [2.24, 2.45) is 5.92 Å². The molecule has 0 aromatic carbocycles. The maximum Gasteiger partial charge on any atom is 0.239 e. The molecule has 1 rings (SSSR count). The fraction of sp³-hybridized carbons (Fsp3) is 0.867. The van der Waals surface area contributed by atoms with Crippen LogP contribution in [0.4, 0.5) is 0 Å². The molecule has 1 heterocycles. The van der Waals surface area contributed by atoms with Crippen LogP contribution >= 0.6 is 0 Å². The standard InChI is InChI=1S/C15H29N3O3/c1-13(2)4-5-16-15(20)12-18(14(3)19)7-6-17-8-10-21-11-9-17/h13H,4-12H2,1-3H3,(H,16,20). The molecule has 1 aliphatic rings. The first kappa shape index (κ1) is 17.9. The van der Waals surface area contributed by atoms with Crippen molar-refractivity contribution < 1.29 is 14.3 Å². The summed E-state index contributed by atoms with van der Waals surface area (Å²) < 4.78 is 5.30. The molecule has 0 radical (unpaired) electrons. The number of hydrogen-bond donors (Lipinski definition) is 1. The summed E-state index contributed by atoms with van der Waals surface area (Å²) in [7, 11) is 0. The average Bonchev–Trinajstić information content (AvgIpc) is 2.43. The number of morpholine rings is 1. The molecule has 0 bridgehead atoms. The van der Waals surface area contributed by atoms with Crippen LogP contribution in [0.15, 0.2) is 0 Å². The van der Waals surface area contributed by atoms with Crippen LogP contribution in [0.5, 0.6) is 0 Å². The van der Waals surface area contributed by atoms with E-state index in [1.54, 1.807) is 4.90 Å². The minimum atomic E-state index is -0.0761. The molecule has 0 atom stereocenters. The molecule has 6 nitrogen and oxygen atoms in total. The summed E-state index contributed by atoms with van der Waals surface area (Å²) in [4.78, 5) is 27.4. The van der Waals surface area contributed by atoms with E-state index in [-0.39, 0.29) is 18.4 Å². The molecule has 21 heavy (non-hydrogen) atoms. The topological polar surface area (TPSA) is 61.9 Å². The largest absolute Gasteiger partial charge is 0.379 e. The van der Waals surface area contributed by atoms with Crippen molar-refractivity contribution in [2.75, 3.05) is 52.5 Å². The lowest BCUT2D eigenvalue weighted by molar-refractivity contribution is -0.134. The van der Waals surface area contributed by atoms with E-state index < -0.39 is 0 Å². The van der Waals surface area contributed by atoms with Gasteiger partial charge in [-0.3, -0.25) is 14.5 Å². The zero-order chi connectivity index (χ0) is 15.7. The zero-order valence-corrected chi connectivity index (χ0v) is 13.6. The molecule has 122 valence electrons. The Kier molecular flexibility index (Phi) is 8.30. The number of hydrogen-bond acceptors (Lipinski definition) is 4. The first-order valence-corrected chi connectivity index (χ1v) is 7.81. The molecule has 1 N–H and O–H groups in total. The Balaban J connectivity index is 2.28. The van der Waals surface area contributed by atoms with Crippen LogP contribution in [0.2, 0.25) is 0 Å². The van der Waals surface area contributed by atoms with Gasteiger partial charge in [0.15, 0.2) is 0 Å². The molecule has 0 spiro atoms. The van der Waals surface area contributed by atoms with Gasteiger partial charge in [-0.1, -0.05) is 13.8 Å². The van der Waals surface area contributed by atoms with E-state index in [0.29, 0.717) is 19.0 Å². The predicted molar refractivity (Wildman–Crippen MR) is 82.0 cm³/mol. The first-order valence-electron chi connectivity index (χ1n) is 7.81. The fourth-order valence-corrected chi connectivity index (χ4v) is 2.16. The summed E-state index contributed by atoms with van der Waals surface area (Å²) >= 11 is 0. The SMILES string of the molecule is CC(=O)N(CCN1CCOCC1)CC(=O)NCCC(C)C. The molecule has 6 heteroatoms. The molecule has 1 saturated heterocycles. The number of rotatable bonds is 8. The highest BCUT2D eigenvalue weighted by atomic mass is 16.5. The number of carbonyl (C=O) groups is 2. The summed E-state index contributed by atoms with van der Waals surface area (Å²) in [5.74, 6) is 0.436. The molecule has 0 unspecified atom stereocenters. The number of nitrogens with one attached hydrogen (secondary N) is 1. The van der Waals surface area contributed by atoms with Crippen LogP contribution in [-0.2, 0) is 14.3 Å². The van der Waals surface area contributed by atoms with Crippen molar-refractivity contribution in [2.45, 2.75) is 27.2 Å². The highest BCUT2D eigenvalue weighted by Crippen LogP contribution is 1.99. The maximum atomic E-state index is 11.9. The molecule has 1 fully saturated rings. The number of nitrogens with zero attached hydrogens (tertiary/aromatic N) is 2. The van der Waals surface area contributed by atoms with Crippen molar-refractivity contribution in [1.82, 2.24) is 15.1 Å². The maximum absolute atomic E-state index is 11.9. The van der Waals surface area contributed by atoms with Gasteiger partial charge >= 0.3 is 0 Å². The summed E-state index contributed by atoms with van der Waals surface area (Å²) in [6.45, 7) is 11.2. The van der Waals surface area contributed by atoms with Crippen LogP contribution in [0.3, 0.4) is 0 Å². The third-order valence-corrected chi connectivity index (χ3v) is 3.61. The molecular weight excluding hydrogens is 270 g/mol. The quantitative estimate of drug-likeness (QED) is 0.701. The second-order valence-electron chi connectivity index (χ2n) is 5.93. The number of ether oxygens (including phenoxy) is 1. The molecule has 0 saturated carbocycles. The third kappa shape index (κ3) is 8.02. The Hall–Kier alpha value is -1.14. The van der Waals surface area contributed by atoms with E-state index in [0.717, 1.165) is 39.3 Å². The van der Waals surface area contributed by atoms with Crippen LogP contribution in [0.1, 0.15) is 27.2 Å². The van der Waals surface area contributed by atoms with Gasteiger partial charge in [0.2, 0.25) is 11.8 Å². The molecule has 0 aromatic heterocycles. The second kappa shape index (κ2) is 9.73. The second-order valence-corrected chi connectivity index (χ2v) is 5.93. The molecular formula is C15H29N3O3. The van der Waals surface area contributed by atoms with Gasteiger partial charge in [-0.15, -0.1) is 0 Å². The summed E-state index contributed by atoms with van der Waals surface area (Å²) in [5, 5.41) is 2.87. The lowest BCUT2D eigenvalue weighted by Gasteiger charge is -2.29. The van der Waals surface area contributed by atoms with Gasteiger partial charge in [0, 0.05) is 39.6 Å². The van der Waals surface area contributed by atoms with Crippen LogP contribution in [-0.4, -0.2) is 74.1 Å². The van der Waals surface area contributed by atoms with Crippen molar-refractivity contribution in [3.05, 3.63) is 0 Å². The normalized spacial score (nSPS) is 16.0. The lowest BCUT2D eigenvalue weighted by atomic mass is 10.1. The van der Waals surface area contributed by atoms with Gasteiger partial charge in [-0.2, -0.15) is 0 Å². The van der Waals surface area contributed by atoms with Gasteiger partial charge in [0.25, 0.3) is 0 Å². The monoisotopic (exact) mass is 299 g/mol. The summed E-state index contributed by atoms with van der Waals surface area (Å²) in [6.07, 6.45) is 0.958. The molecule has 2 amide bonds. The van der Waals surface area contributed by atoms with E-state index in [2.05, 4.69) is 24.1 Å². The Morgan fingerprint density at radius 3 is 2.52 bits per heavy atom. The lowest BCUT2D eigenvalue weighted by Crippen LogP contribution is -2.45. The van der Waals surface area contributed by atoms with Crippen molar-refractivity contribution >= 4 is 11.8 Å². The molecule has 0 aliphatic carbocycles. The van der Waals surface area contributed by atoms with E-state index in [1.807, 2.05) is 0 Å². The Morgan fingerprint density at radius 2 is 1.95 bits per heavy atom. The summed E-state index contributed by atoms with van der Waals surface area (Å²) in [6, 6.07) is 0. The van der Waals surface area contributed by atoms with E-state index in [4.69, 9.17) is 4.74 Å². The highest BCUT2D eigenvalue weighted by molar-refractivity contribution is 5.83. The first-order chi connectivity index (χ1) is 9.99.